The van der Waals surface area contributed by atoms with Gasteiger partial charge in [0.25, 0.3) is 0 Å². The van der Waals surface area contributed by atoms with Crippen molar-refractivity contribution >= 4 is 22.2 Å². The van der Waals surface area contributed by atoms with E-state index in [0.29, 0.717) is 36.2 Å². The highest BCUT2D eigenvalue weighted by molar-refractivity contribution is 9.10. The third kappa shape index (κ3) is 4.02. The molecule has 1 aliphatic rings. The fourth-order valence-corrected chi connectivity index (χ4v) is 3.55. The Morgan fingerprint density at radius 2 is 2.12 bits per heavy atom. The van der Waals surface area contributed by atoms with E-state index in [4.69, 9.17) is 4.74 Å². The minimum atomic E-state index is -0.279. The molecule has 0 bridgehead atoms. The lowest BCUT2D eigenvalue weighted by atomic mass is 9.94. The predicted octanol–water partition coefficient (Wildman–Crippen LogP) is 3.89. The van der Waals surface area contributed by atoms with Crippen LogP contribution < -0.4 is 10.1 Å². The quantitative estimate of drug-likeness (QED) is 0.759. The van der Waals surface area contributed by atoms with Gasteiger partial charge >= 0.3 is 0 Å². The summed E-state index contributed by atoms with van der Waals surface area (Å²) in [5, 5.41) is 3.31. The van der Waals surface area contributed by atoms with E-state index < -0.39 is 0 Å². The molecule has 3 rings (SSSR count). The minimum Gasteiger partial charge on any atom is -0.488 e. The average Bonchev–Trinajstić information content (AvgIpc) is 2.59. The van der Waals surface area contributed by atoms with Gasteiger partial charge < -0.3 is 14.8 Å². The Morgan fingerprint density at radius 3 is 2.88 bits per heavy atom. The Bertz CT molecular complexity index is 708. The van der Waals surface area contributed by atoms with Crippen LogP contribution in [0.5, 0.6) is 5.75 Å². The molecule has 126 valence electrons. The number of aldehydes is 1. The molecule has 3 nitrogen and oxygen atoms in total. The highest BCUT2D eigenvalue weighted by Gasteiger charge is 2.29. The normalized spacial score (nSPS) is 17.7. The average molecular weight is 392 g/mol. The number of ether oxygens (including phenoxy) is 1. The van der Waals surface area contributed by atoms with E-state index >= 15 is 0 Å². The highest BCUT2D eigenvalue weighted by Crippen LogP contribution is 2.37. The number of halogens is 2. The summed E-state index contributed by atoms with van der Waals surface area (Å²) in [7, 11) is 0. The Kier molecular flexibility index (Phi) is 5.63. The SMILES string of the molecule is O=CC(CNCc1ccccc1)[C@H]1CCc2cc(F)cc(Br)c2O1. The standard InChI is InChI=1S/C19H19BrFNO2/c20-17-9-16(21)8-14-6-7-18(24-19(14)17)15(12-23)11-22-10-13-4-2-1-3-5-13/h1-5,8-9,12,15,18,22H,6-7,10-11H2/t15?,18-/m1/s1. The maximum Gasteiger partial charge on any atom is 0.137 e. The first kappa shape index (κ1) is 17.1. The van der Waals surface area contributed by atoms with E-state index in [9.17, 15) is 9.18 Å². The van der Waals surface area contributed by atoms with Gasteiger partial charge in [0.15, 0.2) is 0 Å². The van der Waals surface area contributed by atoms with Gasteiger partial charge in [-0.1, -0.05) is 30.3 Å². The van der Waals surface area contributed by atoms with Crippen molar-refractivity contribution in [3.05, 3.63) is 63.9 Å². The molecule has 2 atom stereocenters. The number of carbonyl (C=O) groups is 1. The highest BCUT2D eigenvalue weighted by atomic mass is 79.9. The van der Waals surface area contributed by atoms with Crippen molar-refractivity contribution in [3.8, 4) is 5.75 Å². The Balaban J connectivity index is 1.61. The molecule has 0 saturated heterocycles. The third-order valence-corrected chi connectivity index (χ3v) is 4.85. The third-order valence-electron chi connectivity index (χ3n) is 4.26. The zero-order valence-electron chi connectivity index (χ0n) is 13.2. The first-order valence-electron chi connectivity index (χ1n) is 8.02. The Morgan fingerprint density at radius 1 is 1.33 bits per heavy atom. The largest absolute Gasteiger partial charge is 0.488 e. The fraction of sp³-hybridized carbons (Fsp3) is 0.316. The van der Waals surface area contributed by atoms with Crippen molar-refractivity contribution in [2.45, 2.75) is 25.5 Å². The van der Waals surface area contributed by atoms with Crippen LogP contribution in [-0.4, -0.2) is 18.9 Å². The summed E-state index contributed by atoms with van der Waals surface area (Å²) in [6.07, 6.45) is 2.17. The first-order chi connectivity index (χ1) is 11.7. The maximum absolute atomic E-state index is 13.5. The second-order valence-electron chi connectivity index (χ2n) is 5.99. The number of carbonyl (C=O) groups excluding carboxylic acids is 1. The maximum atomic E-state index is 13.5. The summed E-state index contributed by atoms with van der Waals surface area (Å²) in [5.41, 5.74) is 2.02. The number of hydrogen-bond acceptors (Lipinski definition) is 3. The van der Waals surface area contributed by atoms with Crippen LogP contribution in [-0.2, 0) is 17.8 Å². The van der Waals surface area contributed by atoms with Gasteiger partial charge in [0.05, 0.1) is 10.4 Å². The minimum absolute atomic E-state index is 0.194. The molecular weight excluding hydrogens is 373 g/mol. The van der Waals surface area contributed by atoms with Crippen molar-refractivity contribution in [1.82, 2.24) is 5.32 Å². The second kappa shape index (κ2) is 7.90. The summed E-state index contributed by atoms with van der Waals surface area (Å²) in [6.45, 7) is 1.26. The summed E-state index contributed by atoms with van der Waals surface area (Å²) < 4.78 is 20.0. The molecule has 0 radical (unpaired) electrons. The van der Waals surface area contributed by atoms with Crippen molar-refractivity contribution in [1.29, 1.82) is 0 Å². The zero-order valence-corrected chi connectivity index (χ0v) is 14.8. The van der Waals surface area contributed by atoms with Gasteiger partial charge in [-0.25, -0.2) is 4.39 Å². The smallest absolute Gasteiger partial charge is 0.137 e. The van der Waals surface area contributed by atoms with Gasteiger partial charge in [0, 0.05) is 13.1 Å². The number of rotatable bonds is 6. The van der Waals surface area contributed by atoms with E-state index in [2.05, 4.69) is 21.2 Å². The molecular formula is C19H19BrFNO2. The van der Waals surface area contributed by atoms with Gasteiger partial charge in [-0.05, 0) is 52.0 Å². The van der Waals surface area contributed by atoms with E-state index in [1.165, 1.54) is 17.7 Å². The molecule has 1 heterocycles. The predicted molar refractivity (Wildman–Crippen MR) is 94.5 cm³/mol. The molecule has 1 aliphatic heterocycles. The van der Waals surface area contributed by atoms with Gasteiger partial charge in [-0.2, -0.15) is 0 Å². The number of benzene rings is 2. The molecule has 0 saturated carbocycles. The van der Waals surface area contributed by atoms with Gasteiger partial charge in [-0.3, -0.25) is 0 Å². The van der Waals surface area contributed by atoms with Crippen molar-refractivity contribution in [3.63, 3.8) is 0 Å². The van der Waals surface area contributed by atoms with Gasteiger partial charge in [0.2, 0.25) is 0 Å². The monoisotopic (exact) mass is 391 g/mol. The van der Waals surface area contributed by atoms with Crippen LogP contribution in [0, 0.1) is 11.7 Å². The molecule has 1 N–H and O–H groups in total. The molecule has 2 aromatic carbocycles. The van der Waals surface area contributed by atoms with Gasteiger partial charge in [-0.15, -0.1) is 0 Å². The van der Waals surface area contributed by atoms with Crippen LogP contribution in [0.25, 0.3) is 0 Å². The van der Waals surface area contributed by atoms with E-state index in [0.717, 1.165) is 11.8 Å². The molecule has 1 unspecified atom stereocenters. The number of hydrogen-bond donors (Lipinski definition) is 1. The van der Waals surface area contributed by atoms with E-state index in [1.54, 1.807) is 0 Å². The molecule has 0 aliphatic carbocycles. The molecule has 0 amide bonds. The van der Waals surface area contributed by atoms with E-state index in [1.807, 2.05) is 30.3 Å². The zero-order chi connectivity index (χ0) is 16.9. The topological polar surface area (TPSA) is 38.3 Å². The summed E-state index contributed by atoms with van der Waals surface area (Å²) in [5.74, 6) is 0.139. The summed E-state index contributed by atoms with van der Waals surface area (Å²) >= 11 is 3.35. The van der Waals surface area contributed by atoms with Crippen molar-refractivity contribution in [2.24, 2.45) is 5.92 Å². The van der Waals surface area contributed by atoms with Crippen LogP contribution >= 0.6 is 15.9 Å². The van der Waals surface area contributed by atoms with Crippen molar-refractivity contribution < 1.29 is 13.9 Å². The first-order valence-corrected chi connectivity index (χ1v) is 8.81. The van der Waals surface area contributed by atoms with Gasteiger partial charge in [0.1, 0.15) is 24.0 Å². The molecule has 0 fully saturated rings. The van der Waals surface area contributed by atoms with Crippen LogP contribution in [0.2, 0.25) is 0 Å². The molecule has 0 aromatic heterocycles. The Hall–Kier alpha value is -1.72. The van der Waals surface area contributed by atoms with Crippen LogP contribution in [0.3, 0.4) is 0 Å². The number of aryl methyl sites for hydroxylation is 1. The summed E-state index contributed by atoms with van der Waals surface area (Å²) in [4.78, 5) is 11.5. The lowest BCUT2D eigenvalue weighted by Gasteiger charge is -2.30. The summed E-state index contributed by atoms with van der Waals surface area (Å²) in [6, 6.07) is 12.9. The second-order valence-corrected chi connectivity index (χ2v) is 6.84. The number of nitrogens with one attached hydrogen (secondary N) is 1. The molecule has 2 aromatic rings. The van der Waals surface area contributed by atoms with Crippen molar-refractivity contribution in [2.75, 3.05) is 6.54 Å². The lowest BCUT2D eigenvalue weighted by molar-refractivity contribution is -0.113. The molecule has 5 heteroatoms. The Labute approximate surface area is 149 Å². The van der Waals surface area contributed by atoms with Crippen LogP contribution in [0.1, 0.15) is 17.5 Å². The molecule has 0 spiro atoms. The lowest BCUT2D eigenvalue weighted by Crippen LogP contribution is -2.38. The fourth-order valence-electron chi connectivity index (χ4n) is 2.99. The molecule has 24 heavy (non-hydrogen) atoms. The van der Waals surface area contributed by atoms with Crippen LogP contribution in [0.4, 0.5) is 4.39 Å². The van der Waals surface area contributed by atoms with Crippen LogP contribution in [0.15, 0.2) is 46.9 Å². The number of fused-ring (bicyclic) bond motifs is 1. The van der Waals surface area contributed by atoms with E-state index in [-0.39, 0.29) is 17.8 Å².